The van der Waals surface area contributed by atoms with E-state index in [0.29, 0.717) is 23.2 Å². The smallest absolute Gasteiger partial charge is 0.279 e. The summed E-state index contributed by atoms with van der Waals surface area (Å²) in [7, 11) is 0. The molecule has 1 aliphatic carbocycles. The molecule has 29 heavy (non-hydrogen) atoms. The molecule has 1 aromatic carbocycles. The molecule has 0 fully saturated rings. The minimum absolute atomic E-state index is 0.0532. The van der Waals surface area contributed by atoms with Crippen LogP contribution in [0, 0.1) is 6.92 Å². The van der Waals surface area contributed by atoms with Gasteiger partial charge in [-0.2, -0.15) is 9.50 Å². The van der Waals surface area contributed by atoms with E-state index in [1.165, 1.54) is 15.9 Å². The molecule has 1 N–H and O–H groups in total. The first-order valence-electron chi connectivity index (χ1n) is 9.39. The number of benzene rings is 1. The monoisotopic (exact) mass is 406 g/mol. The summed E-state index contributed by atoms with van der Waals surface area (Å²) in [5, 5.41) is 9.72. The highest BCUT2D eigenvalue weighted by molar-refractivity contribution is 7.13. The fourth-order valence-corrected chi connectivity index (χ4v) is 4.41. The molecule has 4 aromatic rings. The Labute approximate surface area is 169 Å². The first kappa shape index (κ1) is 17.7. The van der Waals surface area contributed by atoms with Gasteiger partial charge in [-0.15, -0.1) is 16.4 Å². The molecule has 0 radical (unpaired) electrons. The normalized spacial score (nSPS) is 13.0. The summed E-state index contributed by atoms with van der Waals surface area (Å²) in [5.41, 5.74) is 3.14. The molecule has 1 amide bonds. The second-order valence-electron chi connectivity index (χ2n) is 7.03. The molecule has 0 atom stereocenters. The van der Waals surface area contributed by atoms with E-state index in [9.17, 15) is 9.59 Å². The summed E-state index contributed by atoms with van der Waals surface area (Å²) < 4.78 is 3.15. The molecule has 1 aliphatic rings. The van der Waals surface area contributed by atoms with Crippen molar-refractivity contribution in [2.24, 2.45) is 0 Å². The second-order valence-corrected chi connectivity index (χ2v) is 7.88. The van der Waals surface area contributed by atoms with Gasteiger partial charge in [-0.25, -0.2) is 4.98 Å². The molecule has 0 unspecified atom stereocenters. The zero-order chi connectivity index (χ0) is 20.0. The fraction of sp³-hybridized carbons (Fsp3) is 0.250. The zero-order valence-electron chi connectivity index (χ0n) is 15.8. The van der Waals surface area contributed by atoms with E-state index in [-0.39, 0.29) is 18.0 Å². The van der Waals surface area contributed by atoms with Gasteiger partial charge in [0.2, 0.25) is 11.7 Å². The maximum Gasteiger partial charge on any atom is 0.279 e. The van der Waals surface area contributed by atoms with Crippen molar-refractivity contribution in [1.82, 2.24) is 24.1 Å². The average molecular weight is 406 g/mol. The van der Waals surface area contributed by atoms with Crippen molar-refractivity contribution in [3.05, 3.63) is 63.0 Å². The molecule has 3 heterocycles. The maximum absolute atomic E-state index is 12.9. The Balaban J connectivity index is 1.59. The van der Waals surface area contributed by atoms with Crippen molar-refractivity contribution in [3.63, 3.8) is 0 Å². The Morgan fingerprint density at radius 1 is 1.21 bits per heavy atom. The van der Waals surface area contributed by atoms with Gasteiger partial charge in [-0.1, -0.05) is 30.3 Å². The first-order valence-corrected chi connectivity index (χ1v) is 10.3. The Morgan fingerprint density at radius 2 is 2.03 bits per heavy atom. The number of thiazole rings is 1. The van der Waals surface area contributed by atoms with Crippen molar-refractivity contribution < 1.29 is 4.79 Å². The predicted molar refractivity (Wildman–Crippen MR) is 110 cm³/mol. The number of nitrogens with zero attached hydrogens (tertiary/aromatic N) is 5. The molecule has 0 saturated carbocycles. The van der Waals surface area contributed by atoms with Crippen molar-refractivity contribution in [1.29, 1.82) is 0 Å². The van der Waals surface area contributed by atoms with Crippen LogP contribution in [0.15, 0.2) is 40.5 Å². The van der Waals surface area contributed by atoms with E-state index in [1.807, 2.05) is 47.2 Å². The van der Waals surface area contributed by atoms with Crippen LogP contribution < -0.4 is 10.9 Å². The molecule has 8 nitrogen and oxygen atoms in total. The highest BCUT2D eigenvalue weighted by Crippen LogP contribution is 2.23. The number of rotatable bonds is 4. The van der Waals surface area contributed by atoms with Gasteiger partial charge >= 0.3 is 0 Å². The number of fused-ring (bicyclic) bond motifs is 2. The van der Waals surface area contributed by atoms with Crippen molar-refractivity contribution >= 4 is 28.2 Å². The van der Waals surface area contributed by atoms with Gasteiger partial charge < -0.3 is 9.88 Å². The highest BCUT2D eigenvalue weighted by Gasteiger charge is 2.25. The Morgan fingerprint density at radius 3 is 2.79 bits per heavy atom. The minimum Gasteiger partial charge on any atom is -0.304 e. The molecular formula is C20H18N6O2S. The van der Waals surface area contributed by atoms with E-state index in [1.54, 1.807) is 0 Å². The predicted octanol–water partition coefficient (Wildman–Crippen LogP) is 2.45. The van der Waals surface area contributed by atoms with Gasteiger partial charge in [0.05, 0.1) is 5.69 Å². The number of nitrogens with one attached hydrogen (secondary N) is 1. The quantitative estimate of drug-likeness (QED) is 0.562. The third kappa shape index (κ3) is 3.13. The fourth-order valence-electron chi connectivity index (χ4n) is 3.71. The van der Waals surface area contributed by atoms with E-state index < -0.39 is 0 Å². The van der Waals surface area contributed by atoms with E-state index in [2.05, 4.69) is 20.4 Å². The molecule has 9 heteroatoms. The molecule has 0 spiro atoms. The highest BCUT2D eigenvalue weighted by atomic mass is 32.1. The Kier molecular flexibility index (Phi) is 4.24. The lowest BCUT2D eigenvalue weighted by Crippen LogP contribution is -2.28. The number of carbonyl (C=O) groups is 1. The lowest BCUT2D eigenvalue weighted by Gasteiger charge is -2.13. The van der Waals surface area contributed by atoms with Crippen molar-refractivity contribution in [3.8, 4) is 11.4 Å². The van der Waals surface area contributed by atoms with Gasteiger partial charge in [-0.05, 0) is 26.2 Å². The lowest BCUT2D eigenvalue weighted by atomic mass is 10.2. The number of hydrogen-bond donors (Lipinski definition) is 1. The van der Waals surface area contributed by atoms with Gasteiger partial charge in [-0.3, -0.25) is 9.59 Å². The molecule has 146 valence electrons. The zero-order valence-corrected chi connectivity index (χ0v) is 16.6. The van der Waals surface area contributed by atoms with Crippen LogP contribution in [0.3, 0.4) is 0 Å². The first-order chi connectivity index (χ1) is 14.1. The molecule has 0 aliphatic heterocycles. The topological polar surface area (TPSA) is 94.2 Å². The lowest BCUT2D eigenvalue weighted by molar-refractivity contribution is -0.116. The Bertz CT molecular complexity index is 1290. The Hall–Kier alpha value is -3.33. The van der Waals surface area contributed by atoms with Crippen LogP contribution in [-0.4, -0.2) is 30.1 Å². The summed E-state index contributed by atoms with van der Waals surface area (Å²) >= 11 is 1.39. The average Bonchev–Trinajstić information content (AvgIpc) is 3.45. The number of anilines is 1. The van der Waals surface area contributed by atoms with Crippen LogP contribution in [0.5, 0.6) is 0 Å². The number of amides is 1. The van der Waals surface area contributed by atoms with Gasteiger partial charge in [0, 0.05) is 22.2 Å². The summed E-state index contributed by atoms with van der Waals surface area (Å²) in [6, 6.07) is 9.51. The standard InChI is InChI=1S/C20H18N6O2S/c1-12-11-29-19(21-12)22-16(27)10-25-15-9-5-8-14(15)18(28)26-20(25)23-17(24-26)13-6-3-2-4-7-13/h2-4,6-7,11H,5,8-10H2,1H3,(H,21,22,27). The maximum atomic E-state index is 12.9. The molecular weight excluding hydrogens is 388 g/mol. The number of aromatic nitrogens is 5. The van der Waals surface area contributed by atoms with Crippen LogP contribution in [-0.2, 0) is 24.2 Å². The van der Waals surface area contributed by atoms with Crippen molar-refractivity contribution in [2.45, 2.75) is 32.7 Å². The van der Waals surface area contributed by atoms with E-state index >= 15 is 0 Å². The van der Waals surface area contributed by atoms with Crippen LogP contribution >= 0.6 is 11.3 Å². The summed E-state index contributed by atoms with van der Waals surface area (Å²) in [6.45, 7) is 1.93. The third-order valence-corrected chi connectivity index (χ3v) is 5.87. The summed E-state index contributed by atoms with van der Waals surface area (Å²) in [6.07, 6.45) is 2.33. The molecule has 3 aromatic heterocycles. The van der Waals surface area contributed by atoms with Crippen LogP contribution in [0.4, 0.5) is 5.13 Å². The third-order valence-electron chi connectivity index (χ3n) is 5.00. The summed E-state index contributed by atoms with van der Waals surface area (Å²) in [5.74, 6) is 0.652. The van der Waals surface area contributed by atoms with Crippen LogP contribution in [0.25, 0.3) is 17.2 Å². The molecule has 0 bridgehead atoms. The van der Waals surface area contributed by atoms with Crippen molar-refractivity contribution in [2.75, 3.05) is 5.32 Å². The summed E-state index contributed by atoms with van der Waals surface area (Å²) in [4.78, 5) is 34.5. The van der Waals surface area contributed by atoms with Crippen LogP contribution in [0.2, 0.25) is 0 Å². The van der Waals surface area contributed by atoms with Crippen LogP contribution in [0.1, 0.15) is 23.4 Å². The number of hydrogen-bond acceptors (Lipinski definition) is 6. The van der Waals surface area contributed by atoms with E-state index in [4.69, 9.17) is 0 Å². The largest absolute Gasteiger partial charge is 0.304 e. The minimum atomic E-state index is -0.205. The van der Waals surface area contributed by atoms with E-state index in [0.717, 1.165) is 35.4 Å². The van der Waals surface area contributed by atoms with Gasteiger partial charge in [0.15, 0.2) is 11.0 Å². The molecule has 0 saturated heterocycles. The van der Waals surface area contributed by atoms with Gasteiger partial charge in [0.25, 0.3) is 5.56 Å². The second kappa shape index (κ2) is 6.93. The SMILES string of the molecule is Cc1csc(NC(=O)Cn2c3c(c(=O)n4nc(-c5ccccc5)nc24)CCC3)n1. The number of aryl methyl sites for hydroxylation is 1. The van der Waals surface area contributed by atoms with Gasteiger partial charge in [0.1, 0.15) is 6.54 Å². The molecule has 5 rings (SSSR count). The number of carbonyl (C=O) groups excluding carboxylic acids is 1.